The standard InChI is InChI=1S/C19H16Cl2N2OS/c20-16-2-1-3-17(21)15(16)4-5-19(24)23-11-13-6-8-22-18(10-13)14-7-9-25-12-14/h1-3,6-10,12H,4-5,11H2,(H,23,24). The number of carbonyl (C=O) groups excluding carboxylic acids is 1. The third-order valence-corrected chi connectivity index (χ3v) is 5.19. The number of aromatic nitrogens is 1. The number of nitrogens with one attached hydrogen (secondary N) is 1. The van der Waals surface area contributed by atoms with Crippen LogP contribution in [0, 0.1) is 0 Å². The second-order valence-corrected chi connectivity index (χ2v) is 7.13. The molecule has 3 nitrogen and oxygen atoms in total. The average Bonchev–Trinajstić information content (AvgIpc) is 3.14. The summed E-state index contributed by atoms with van der Waals surface area (Å²) in [6.45, 7) is 0.467. The maximum Gasteiger partial charge on any atom is 0.220 e. The molecule has 0 aliphatic heterocycles. The van der Waals surface area contributed by atoms with E-state index in [2.05, 4.69) is 15.7 Å². The van der Waals surface area contributed by atoms with Crippen molar-refractivity contribution in [3.63, 3.8) is 0 Å². The van der Waals surface area contributed by atoms with Gasteiger partial charge in [0.15, 0.2) is 0 Å². The highest BCUT2D eigenvalue weighted by atomic mass is 35.5. The number of rotatable bonds is 6. The topological polar surface area (TPSA) is 42.0 Å². The molecule has 6 heteroatoms. The van der Waals surface area contributed by atoms with E-state index in [0.717, 1.165) is 22.4 Å². The smallest absolute Gasteiger partial charge is 0.220 e. The van der Waals surface area contributed by atoms with Crippen molar-refractivity contribution in [3.8, 4) is 11.3 Å². The molecule has 128 valence electrons. The van der Waals surface area contributed by atoms with Crippen molar-refractivity contribution < 1.29 is 4.79 Å². The van der Waals surface area contributed by atoms with Gasteiger partial charge < -0.3 is 5.32 Å². The molecule has 0 saturated carbocycles. The number of amides is 1. The van der Waals surface area contributed by atoms with Crippen molar-refractivity contribution in [3.05, 3.63) is 74.5 Å². The van der Waals surface area contributed by atoms with Crippen LogP contribution < -0.4 is 5.32 Å². The summed E-state index contributed by atoms with van der Waals surface area (Å²) in [5.74, 6) is -0.0371. The molecule has 25 heavy (non-hydrogen) atoms. The second-order valence-electron chi connectivity index (χ2n) is 5.54. The molecule has 0 aliphatic rings. The van der Waals surface area contributed by atoms with Crippen LogP contribution in [0.2, 0.25) is 10.0 Å². The molecule has 1 amide bonds. The Morgan fingerprint density at radius 3 is 2.68 bits per heavy atom. The maximum atomic E-state index is 12.1. The minimum Gasteiger partial charge on any atom is -0.352 e. The highest BCUT2D eigenvalue weighted by Gasteiger charge is 2.09. The SMILES string of the molecule is O=C(CCc1c(Cl)cccc1Cl)NCc1ccnc(-c2ccsc2)c1. The lowest BCUT2D eigenvalue weighted by atomic mass is 10.1. The molecule has 1 N–H and O–H groups in total. The third kappa shape index (κ3) is 4.82. The van der Waals surface area contributed by atoms with Crippen LogP contribution in [0.5, 0.6) is 0 Å². The molecule has 0 aliphatic carbocycles. The molecule has 0 bridgehead atoms. The Kier molecular flexibility index (Phi) is 6.08. The number of benzene rings is 1. The van der Waals surface area contributed by atoms with Gasteiger partial charge in [0.25, 0.3) is 0 Å². The Hall–Kier alpha value is -1.88. The Morgan fingerprint density at radius 1 is 1.16 bits per heavy atom. The first-order valence-corrected chi connectivity index (χ1v) is 9.50. The number of thiophene rings is 1. The van der Waals surface area contributed by atoms with E-state index in [1.54, 1.807) is 35.7 Å². The zero-order valence-electron chi connectivity index (χ0n) is 13.3. The van der Waals surface area contributed by atoms with Gasteiger partial charge in [-0.2, -0.15) is 11.3 Å². The summed E-state index contributed by atoms with van der Waals surface area (Å²) < 4.78 is 0. The quantitative estimate of drug-likeness (QED) is 0.614. The molecular formula is C19H16Cl2N2OS. The van der Waals surface area contributed by atoms with Gasteiger partial charge in [0.2, 0.25) is 5.91 Å². The molecule has 2 aromatic heterocycles. The van der Waals surface area contributed by atoms with Crippen LogP contribution in [0.1, 0.15) is 17.5 Å². The number of halogens is 2. The minimum atomic E-state index is -0.0371. The monoisotopic (exact) mass is 390 g/mol. The van der Waals surface area contributed by atoms with Crippen LogP contribution in [0.15, 0.2) is 53.4 Å². The number of carbonyl (C=O) groups is 1. The fourth-order valence-electron chi connectivity index (χ4n) is 2.45. The molecule has 0 saturated heterocycles. The van der Waals surface area contributed by atoms with E-state index in [1.165, 1.54) is 0 Å². The maximum absolute atomic E-state index is 12.1. The first-order valence-electron chi connectivity index (χ1n) is 7.80. The summed E-state index contributed by atoms with van der Waals surface area (Å²) in [5, 5.41) is 8.19. The van der Waals surface area contributed by atoms with Gasteiger partial charge in [-0.05, 0) is 53.3 Å². The first-order chi connectivity index (χ1) is 12.1. The van der Waals surface area contributed by atoms with Crippen LogP contribution >= 0.6 is 34.5 Å². The Morgan fingerprint density at radius 2 is 1.96 bits per heavy atom. The normalized spacial score (nSPS) is 10.6. The van der Waals surface area contributed by atoms with Gasteiger partial charge in [0, 0.05) is 40.2 Å². The summed E-state index contributed by atoms with van der Waals surface area (Å²) in [5.41, 5.74) is 3.83. The van der Waals surface area contributed by atoms with Gasteiger partial charge in [-0.15, -0.1) is 0 Å². The van der Waals surface area contributed by atoms with E-state index in [4.69, 9.17) is 23.2 Å². The highest BCUT2D eigenvalue weighted by molar-refractivity contribution is 7.08. The third-order valence-electron chi connectivity index (χ3n) is 3.79. The second kappa shape index (κ2) is 8.48. The molecular weight excluding hydrogens is 375 g/mol. The fraction of sp³-hybridized carbons (Fsp3) is 0.158. The Bertz CT molecular complexity index is 845. The lowest BCUT2D eigenvalue weighted by molar-refractivity contribution is -0.121. The van der Waals surface area contributed by atoms with Crippen LogP contribution in [0.25, 0.3) is 11.3 Å². The van der Waals surface area contributed by atoms with Crippen LogP contribution in [0.3, 0.4) is 0 Å². The predicted octanol–water partition coefficient (Wildman–Crippen LogP) is 5.37. The first kappa shape index (κ1) is 17.9. The summed E-state index contributed by atoms with van der Waals surface area (Å²) in [4.78, 5) is 16.5. The molecule has 1 aromatic carbocycles. The van der Waals surface area contributed by atoms with Gasteiger partial charge in [-0.3, -0.25) is 9.78 Å². The van der Waals surface area contributed by atoms with Gasteiger partial charge >= 0.3 is 0 Å². The lowest BCUT2D eigenvalue weighted by Gasteiger charge is -2.08. The molecule has 2 heterocycles. The van der Waals surface area contributed by atoms with Crippen molar-refractivity contribution in [2.75, 3.05) is 0 Å². The van der Waals surface area contributed by atoms with Crippen LogP contribution in [-0.4, -0.2) is 10.9 Å². The summed E-state index contributed by atoms with van der Waals surface area (Å²) in [6, 6.07) is 11.3. The van der Waals surface area contributed by atoms with Crippen LogP contribution in [0.4, 0.5) is 0 Å². The van der Waals surface area contributed by atoms with E-state index in [9.17, 15) is 4.79 Å². The van der Waals surface area contributed by atoms with E-state index in [0.29, 0.717) is 29.4 Å². The number of hydrogen-bond acceptors (Lipinski definition) is 3. The Labute approximate surface area is 160 Å². The van der Waals surface area contributed by atoms with Crippen molar-refractivity contribution >= 4 is 40.4 Å². The van der Waals surface area contributed by atoms with Gasteiger partial charge in [-0.1, -0.05) is 29.3 Å². The largest absolute Gasteiger partial charge is 0.352 e. The van der Waals surface area contributed by atoms with Gasteiger partial charge in [0.05, 0.1) is 5.69 Å². The average molecular weight is 391 g/mol. The van der Waals surface area contributed by atoms with Crippen LogP contribution in [-0.2, 0) is 17.8 Å². The summed E-state index contributed by atoms with van der Waals surface area (Å²) in [7, 11) is 0. The zero-order valence-corrected chi connectivity index (χ0v) is 15.7. The van der Waals surface area contributed by atoms with E-state index in [-0.39, 0.29) is 5.91 Å². The van der Waals surface area contributed by atoms with Crippen molar-refractivity contribution in [2.24, 2.45) is 0 Å². The van der Waals surface area contributed by atoms with Gasteiger partial charge in [-0.25, -0.2) is 0 Å². The fourth-order valence-corrected chi connectivity index (χ4v) is 3.69. The molecule has 0 atom stereocenters. The van der Waals surface area contributed by atoms with E-state index in [1.807, 2.05) is 23.6 Å². The zero-order chi connectivity index (χ0) is 17.6. The number of nitrogens with zero attached hydrogens (tertiary/aromatic N) is 1. The molecule has 0 spiro atoms. The molecule has 0 radical (unpaired) electrons. The molecule has 3 rings (SSSR count). The minimum absolute atomic E-state index is 0.0371. The van der Waals surface area contributed by atoms with E-state index >= 15 is 0 Å². The van der Waals surface area contributed by atoms with Crippen molar-refractivity contribution in [2.45, 2.75) is 19.4 Å². The van der Waals surface area contributed by atoms with Crippen molar-refractivity contribution in [1.82, 2.24) is 10.3 Å². The summed E-state index contributed by atoms with van der Waals surface area (Å²) >= 11 is 13.9. The highest BCUT2D eigenvalue weighted by Crippen LogP contribution is 2.25. The van der Waals surface area contributed by atoms with E-state index < -0.39 is 0 Å². The predicted molar refractivity (Wildman–Crippen MR) is 104 cm³/mol. The molecule has 0 fully saturated rings. The lowest BCUT2D eigenvalue weighted by Crippen LogP contribution is -2.23. The number of pyridine rings is 1. The number of hydrogen-bond donors (Lipinski definition) is 1. The molecule has 0 unspecified atom stereocenters. The van der Waals surface area contributed by atoms with Gasteiger partial charge in [0.1, 0.15) is 0 Å². The summed E-state index contributed by atoms with van der Waals surface area (Å²) in [6.07, 6.45) is 2.62. The van der Waals surface area contributed by atoms with Crippen molar-refractivity contribution in [1.29, 1.82) is 0 Å². The Balaban J connectivity index is 1.55. The molecule has 3 aromatic rings.